The van der Waals surface area contributed by atoms with Crippen molar-refractivity contribution in [2.45, 2.75) is 64.0 Å². The van der Waals surface area contributed by atoms with Crippen LogP contribution in [-0.4, -0.2) is 5.78 Å². The Hall–Kier alpha value is -3.17. The molecule has 2 aliphatic rings. The molecule has 0 amide bonds. The zero-order valence-electron chi connectivity index (χ0n) is 23.9. The van der Waals surface area contributed by atoms with Crippen LogP contribution >= 0.6 is 35.0 Å². The van der Waals surface area contributed by atoms with E-state index in [4.69, 9.17) is 28.9 Å². The first-order chi connectivity index (χ1) is 19.4. The Morgan fingerprint density at radius 3 is 2.49 bits per heavy atom. The quantitative estimate of drug-likeness (QED) is 0.295. The lowest BCUT2D eigenvalue weighted by molar-refractivity contribution is -0.118. The number of nitrogens with two attached hydrogens (primary N) is 1. The highest BCUT2D eigenvalue weighted by Crippen LogP contribution is 2.52. The molecule has 0 fully saturated rings. The minimum absolute atomic E-state index is 0.0355. The summed E-state index contributed by atoms with van der Waals surface area (Å²) >= 11 is 14.7. The highest BCUT2D eigenvalue weighted by molar-refractivity contribution is 7.98. The molecule has 3 aromatic rings. The number of thioether (sulfide) groups is 1. The van der Waals surface area contributed by atoms with E-state index < -0.39 is 5.92 Å². The van der Waals surface area contributed by atoms with E-state index in [0.29, 0.717) is 45.5 Å². The van der Waals surface area contributed by atoms with Crippen LogP contribution in [0.3, 0.4) is 0 Å². The summed E-state index contributed by atoms with van der Waals surface area (Å²) in [6.45, 7) is 10.4. The number of anilines is 1. The second-order valence-corrected chi connectivity index (χ2v) is 13.6. The van der Waals surface area contributed by atoms with Gasteiger partial charge in [-0.25, -0.2) is 0 Å². The third-order valence-corrected chi connectivity index (χ3v) is 9.78. The summed E-state index contributed by atoms with van der Waals surface area (Å²) in [6.07, 6.45) is 1.01. The van der Waals surface area contributed by atoms with Crippen LogP contribution in [0.5, 0.6) is 0 Å². The van der Waals surface area contributed by atoms with Crippen LogP contribution in [0.2, 0.25) is 10.0 Å². The fraction of sp³-hybridized carbons (Fsp3) is 0.294. The smallest absolute Gasteiger partial charge is 0.162 e. The predicted molar refractivity (Wildman–Crippen MR) is 170 cm³/mol. The second kappa shape index (κ2) is 11.2. The lowest BCUT2D eigenvalue weighted by Crippen LogP contribution is -2.42. The van der Waals surface area contributed by atoms with Crippen molar-refractivity contribution >= 4 is 46.4 Å². The number of aryl methyl sites for hydroxylation is 2. The van der Waals surface area contributed by atoms with Crippen LogP contribution < -0.4 is 10.6 Å². The highest BCUT2D eigenvalue weighted by Gasteiger charge is 2.45. The van der Waals surface area contributed by atoms with E-state index in [1.807, 2.05) is 11.0 Å². The SMILES string of the molecule is Cc1cc(CSc2ccccc2C)c(C)c(C2C(C#N)=C(N)N(c3ccc(Cl)cc3Cl)C3=C2C(=O)CC(C)(C)C3)c1. The molecule has 4 nitrogen and oxygen atoms in total. The Morgan fingerprint density at radius 1 is 1.07 bits per heavy atom. The van der Waals surface area contributed by atoms with E-state index in [9.17, 15) is 10.1 Å². The molecule has 1 unspecified atom stereocenters. The molecule has 0 radical (unpaired) electrons. The Morgan fingerprint density at radius 2 is 1.80 bits per heavy atom. The number of carbonyl (C=O) groups is 1. The molecule has 1 atom stereocenters. The molecule has 210 valence electrons. The zero-order valence-corrected chi connectivity index (χ0v) is 26.3. The van der Waals surface area contributed by atoms with E-state index in [1.54, 1.807) is 30.0 Å². The fourth-order valence-corrected chi connectivity index (χ4v) is 7.62. The molecule has 1 heterocycles. The van der Waals surface area contributed by atoms with Gasteiger partial charge in [0, 0.05) is 33.4 Å². The predicted octanol–water partition coefficient (Wildman–Crippen LogP) is 9.15. The van der Waals surface area contributed by atoms with Gasteiger partial charge in [-0.15, -0.1) is 11.8 Å². The van der Waals surface area contributed by atoms with E-state index >= 15 is 0 Å². The van der Waals surface area contributed by atoms with Gasteiger partial charge in [0.25, 0.3) is 0 Å². The van der Waals surface area contributed by atoms with Gasteiger partial charge in [-0.2, -0.15) is 5.26 Å². The number of rotatable bonds is 5. The lowest BCUT2D eigenvalue weighted by atomic mass is 9.68. The number of nitriles is 1. The van der Waals surface area contributed by atoms with Crippen LogP contribution in [0.4, 0.5) is 5.69 Å². The summed E-state index contributed by atoms with van der Waals surface area (Å²) in [6, 6.07) is 20.3. The lowest BCUT2D eigenvalue weighted by Gasteiger charge is -2.44. The van der Waals surface area contributed by atoms with E-state index in [1.165, 1.54) is 16.0 Å². The first-order valence-corrected chi connectivity index (χ1v) is 15.4. The van der Waals surface area contributed by atoms with Crippen LogP contribution in [0, 0.1) is 37.5 Å². The van der Waals surface area contributed by atoms with Crippen molar-refractivity contribution in [3.05, 3.63) is 115 Å². The number of allylic oxidation sites excluding steroid dienone is 3. The molecule has 0 bridgehead atoms. The maximum atomic E-state index is 14.0. The number of benzene rings is 3. The molecular formula is C34H33Cl2N3OS. The van der Waals surface area contributed by atoms with Gasteiger partial charge in [0.2, 0.25) is 0 Å². The van der Waals surface area contributed by atoms with E-state index in [2.05, 4.69) is 71.0 Å². The minimum Gasteiger partial charge on any atom is -0.384 e. The summed E-state index contributed by atoms with van der Waals surface area (Å²) in [5.74, 6) is 0.553. The van der Waals surface area contributed by atoms with Gasteiger partial charge >= 0.3 is 0 Å². The summed E-state index contributed by atoms with van der Waals surface area (Å²) in [5, 5.41) is 11.5. The molecule has 2 N–H and O–H groups in total. The second-order valence-electron chi connectivity index (χ2n) is 11.8. The number of ketones is 1. The average molecular weight is 603 g/mol. The molecule has 1 aliphatic carbocycles. The molecule has 7 heteroatoms. The normalized spacial score (nSPS) is 18.4. The average Bonchev–Trinajstić information content (AvgIpc) is 2.89. The van der Waals surface area contributed by atoms with Gasteiger partial charge in [0.15, 0.2) is 5.78 Å². The van der Waals surface area contributed by atoms with Gasteiger partial charge in [0.1, 0.15) is 5.82 Å². The van der Waals surface area contributed by atoms with Gasteiger partial charge in [-0.1, -0.05) is 72.9 Å². The van der Waals surface area contributed by atoms with Crippen LogP contribution in [0.25, 0.3) is 0 Å². The van der Waals surface area contributed by atoms with Crippen molar-refractivity contribution in [2.24, 2.45) is 11.1 Å². The summed E-state index contributed by atoms with van der Waals surface area (Å²) in [4.78, 5) is 17.1. The molecule has 41 heavy (non-hydrogen) atoms. The minimum atomic E-state index is -0.553. The van der Waals surface area contributed by atoms with Gasteiger partial charge in [-0.05, 0) is 79.1 Å². The topological polar surface area (TPSA) is 70.1 Å². The number of hydrogen-bond acceptors (Lipinski definition) is 5. The monoisotopic (exact) mass is 601 g/mol. The van der Waals surface area contributed by atoms with Crippen LogP contribution in [0.1, 0.15) is 60.4 Å². The summed E-state index contributed by atoms with van der Waals surface area (Å²) in [7, 11) is 0. The van der Waals surface area contributed by atoms with Crippen molar-refractivity contribution in [3.63, 3.8) is 0 Å². The first-order valence-electron chi connectivity index (χ1n) is 13.6. The van der Waals surface area contributed by atoms with Crippen molar-refractivity contribution in [3.8, 4) is 6.07 Å². The maximum Gasteiger partial charge on any atom is 0.162 e. The van der Waals surface area contributed by atoms with Crippen molar-refractivity contribution in [2.75, 3.05) is 4.90 Å². The molecular weight excluding hydrogens is 569 g/mol. The number of hydrogen-bond donors (Lipinski definition) is 1. The summed E-state index contributed by atoms with van der Waals surface area (Å²) < 4.78 is 0. The molecule has 0 saturated carbocycles. The van der Waals surface area contributed by atoms with E-state index in [0.717, 1.165) is 28.1 Å². The number of carbonyl (C=O) groups excluding carboxylic acids is 1. The standard InChI is InChI=1S/C34H33Cl2N3OS/c1-19-12-22(18-41-30-9-7-6-8-20(30)2)21(3)24(13-19)31-25(17-37)33(38)39(27-11-10-23(35)14-26(27)36)28-15-34(4,5)16-29(40)32(28)31/h6-14,31H,15-16,18,38H2,1-5H3. The Bertz CT molecular complexity index is 1680. The third kappa shape index (κ3) is 5.54. The Kier molecular flexibility index (Phi) is 8.05. The molecule has 0 saturated heterocycles. The fourth-order valence-electron chi connectivity index (χ4n) is 6.04. The van der Waals surface area contributed by atoms with Crippen molar-refractivity contribution in [1.29, 1.82) is 5.26 Å². The maximum absolute atomic E-state index is 14.0. The summed E-state index contributed by atoms with van der Waals surface area (Å²) in [5.41, 5.74) is 14.5. The van der Waals surface area contributed by atoms with Crippen LogP contribution in [-0.2, 0) is 10.5 Å². The third-order valence-electron chi connectivity index (χ3n) is 8.02. The number of halogens is 2. The first kappa shape index (κ1) is 29.3. The highest BCUT2D eigenvalue weighted by atomic mass is 35.5. The molecule has 0 aromatic heterocycles. The Labute approximate surface area is 256 Å². The van der Waals surface area contributed by atoms with E-state index in [-0.39, 0.29) is 11.2 Å². The number of nitrogens with zero attached hydrogens (tertiary/aromatic N) is 2. The van der Waals surface area contributed by atoms with Gasteiger partial charge < -0.3 is 5.73 Å². The molecule has 3 aromatic carbocycles. The van der Waals surface area contributed by atoms with Crippen molar-refractivity contribution < 1.29 is 4.79 Å². The Balaban J connectivity index is 1.69. The number of Topliss-reactive ketones (excluding diaryl/α,β-unsaturated/α-hetero) is 1. The van der Waals surface area contributed by atoms with Gasteiger partial charge in [-0.3, -0.25) is 9.69 Å². The largest absolute Gasteiger partial charge is 0.384 e. The van der Waals surface area contributed by atoms with Crippen molar-refractivity contribution in [1.82, 2.24) is 0 Å². The molecule has 5 rings (SSSR count). The van der Waals surface area contributed by atoms with Gasteiger partial charge in [0.05, 0.1) is 28.3 Å². The molecule has 1 aliphatic heterocycles. The zero-order chi connectivity index (χ0) is 29.6. The van der Waals surface area contributed by atoms with Crippen LogP contribution in [0.15, 0.2) is 82.2 Å². The molecule has 0 spiro atoms.